The molecule has 0 spiro atoms. The van der Waals surface area contributed by atoms with Gasteiger partial charge in [0.2, 0.25) is 11.4 Å². The summed E-state index contributed by atoms with van der Waals surface area (Å²) in [6.07, 6.45) is 12.4. The van der Waals surface area contributed by atoms with Crippen molar-refractivity contribution >= 4 is 23.0 Å². The third-order valence-corrected chi connectivity index (χ3v) is 7.93. The molecule has 42 heavy (non-hydrogen) atoms. The van der Waals surface area contributed by atoms with E-state index >= 15 is 0 Å². The van der Waals surface area contributed by atoms with E-state index in [1.54, 1.807) is 4.57 Å². The van der Waals surface area contributed by atoms with Crippen LogP contribution in [0.3, 0.4) is 0 Å². The number of aromatic carboxylic acids is 1. The topological polar surface area (TPSA) is 121 Å². The molecule has 228 valence electrons. The Kier molecular flexibility index (Phi) is 11.7. The Labute approximate surface area is 248 Å². The first-order valence-electron chi connectivity index (χ1n) is 15.4. The van der Waals surface area contributed by atoms with E-state index < -0.39 is 17.5 Å². The molecule has 1 aliphatic heterocycles. The summed E-state index contributed by atoms with van der Waals surface area (Å²) in [4.78, 5) is 37.3. The number of rotatable bonds is 16. The van der Waals surface area contributed by atoms with Gasteiger partial charge < -0.3 is 24.4 Å². The maximum absolute atomic E-state index is 12.6. The first-order valence-corrected chi connectivity index (χ1v) is 15.4. The maximum atomic E-state index is 12.6. The molecule has 1 aromatic carbocycles. The number of aliphatic hydroxyl groups excluding tert-OH is 1. The Morgan fingerprint density at radius 2 is 1.69 bits per heavy atom. The Balaban J connectivity index is 1.20. The molecule has 0 aliphatic carbocycles. The molecule has 1 fully saturated rings. The molecule has 1 unspecified atom stereocenters. The molecule has 0 amide bonds. The average molecular weight is 580 g/mol. The van der Waals surface area contributed by atoms with Gasteiger partial charge in [0.05, 0.1) is 5.39 Å². The third kappa shape index (κ3) is 8.51. The van der Waals surface area contributed by atoms with Gasteiger partial charge in [0.1, 0.15) is 29.7 Å². The number of fused-ring (bicyclic) bond motifs is 1. The summed E-state index contributed by atoms with van der Waals surface area (Å²) in [6, 6.07) is 8.23. The van der Waals surface area contributed by atoms with Gasteiger partial charge in [0.15, 0.2) is 0 Å². The molecule has 3 heterocycles. The van der Waals surface area contributed by atoms with Crippen LogP contribution in [0.1, 0.15) is 74.7 Å². The Morgan fingerprint density at radius 1 is 1.00 bits per heavy atom. The van der Waals surface area contributed by atoms with Crippen LogP contribution in [0.2, 0.25) is 0 Å². The lowest BCUT2D eigenvalue weighted by molar-refractivity contribution is 0.0662. The minimum Gasteiger partial charge on any atom is -0.491 e. The molecular formula is C32H45N5O5. The second-order valence-electron chi connectivity index (χ2n) is 11.1. The Bertz CT molecular complexity index is 1350. The largest absolute Gasteiger partial charge is 0.491 e. The predicted molar refractivity (Wildman–Crippen MR) is 165 cm³/mol. The van der Waals surface area contributed by atoms with Crippen molar-refractivity contribution in [1.82, 2.24) is 19.4 Å². The summed E-state index contributed by atoms with van der Waals surface area (Å²) in [5.74, 6) is 0.0201. The summed E-state index contributed by atoms with van der Waals surface area (Å²) in [5, 5.41) is 20.2. The molecular weight excluding hydrogens is 534 g/mol. The zero-order chi connectivity index (χ0) is 29.9. The molecule has 1 atom stereocenters. The highest BCUT2D eigenvalue weighted by molar-refractivity contribution is 5.91. The predicted octanol–water partition coefficient (Wildman–Crippen LogP) is 4.36. The molecule has 0 saturated carbocycles. The van der Waals surface area contributed by atoms with Crippen molar-refractivity contribution in [3.8, 4) is 5.75 Å². The monoisotopic (exact) mass is 579 g/mol. The third-order valence-electron chi connectivity index (χ3n) is 7.93. The van der Waals surface area contributed by atoms with Crippen LogP contribution >= 0.6 is 0 Å². The number of piperazine rings is 1. The van der Waals surface area contributed by atoms with E-state index in [1.807, 2.05) is 24.0 Å². The highest BCUT2D eigenvalue weighted by Gasteiger charge is 2.23. The van der Waals surface area contributed by atoms with Gasteiger partial charge in [-0.2, -0.15) is 4.98 Å². The number of hydrogen-bond donors (Lipinski definition) is 2. The number of β-amino-alcohol motifs (C(OH)–C–C–N with tert-alkyl or cyclic N) is 1. The summed E-state index contributed by atoms with van der Waals surface area (Å²) in [7, 11) is 0. The lowest BCUT2D eigenvalue weighted by Gasteiger charge is -2.35. The molecule has 3 aromatic rings. The van der Waals surface area contributed by atoms with Crippen molar-refractivity contribution in [3.63, 3.8) is 0 Å². The number of carbonyl (C=O) groups is 1. The van der Waals surface area contributed by atoms with Crippen LogP contribution in [-0.2, 0) is 13.0 Å². The van der Waals surface area contributed by atoms with E-state index in [-0.39, 0.29) is 17.6 Å². The fourth-order valence-corrected chi connectivity index (χ4v) is 5.42. The smallest absolute Gasteiger partial charge is 0.341 e. The SMILES string of the molecule is CCCCCCCCCc1ccc(OCC(O)CN2CCN(c3ncc4c(=O)c(C(=O)O)cn(CC)c4n3)CC2)cc1. The normalized spacial score (nSPS) is 14.8. The number of benzene rings is 1. The number of carboxylic acids is 1. The minimum atomic E-state index is -1.26. The van der Waals surface area contributed by atoms with Gasteiger partial charge in [0, 0.05) is 51.7 Å². The van der Waals surface area contributed by atoms with Gasteiger partial charge in [-0.3, -0.25) is 9.69 Å². The van der Waals surface area contributed by atoms with Crippen molar-refractivity contribution in [2.45, 2.75) is 77.9 Å². The second kappa shape index (κ2) is 15.7. The number of aromatic nitrogens is 3. The number of pyridine rings is 1. The van der Waals surface area contributed by atoms with Crippen LogP contribution in [0.15, 0.2) is 41.5 Å². The summed E-state index contributed by atoms with van der Waals surface area (Å²) >= 11 is 0. The molecule has 10 heteroatoms. The molecule has 2 aromatic heterocycles. The lowest BCUT2D eigenvalue weighted by atomic mass is 10.0. The van der Waals surface area contributed by atoms with Gasteiger partial charge in [-0.15, -0.1) is 0 Å². The van der Waals surface area contributed by atoms with E-state index in [4.69, 9.17) is 4.74 Å². The summed E-state index contributed by atoms with van der Waals surface area (Å²) < 4.78 is 7.53. The highest BCUT2D eigenvalue weighted by Crippen LogP contribution is 2.18. The number of aliphatic hydroxyl groups is 1. The first-order chi connectivity index (χ1) is 20.4. The van der Waals surface area contributed by atoms with Gasteiger partial charge in [-0.1, -0.05) is 57.6 Å². The molecule has 4 rings (SSSR count). The van der Waals surface area contributed by atoms with Crippen molar-refractivity contribution in [1.29, 1.82) is 0 Å². The number of nitrogens with zero attached hydrogens (tertiary/aromatic N) is 5. The molecule has 2 N–H and O–H groups in total. The number of unbranched alkanes of at least 4 members (excludes halogenated alkanes) is 6. The Hall–Kier alpha value is -3.50. The molecule has 1 saturated heterocycles. The van der Waals surface area contributed by atoms with Crippen LogP contribution < -0.4 is 15.1 Å². The molecule has 1 aliphatic rings. The minimum absolute atomic E-state index is 0.199. The van der Waals surface area contributed by atoms with Crippen LogP contribution in [0.5, 0.6) is 5.75 Å². The number of carboxylic acid groups (broad SMARTS) is 1. The zero-order valence-electron chi connectivity index (χ0n) is 25.0. The number of ether oxygens (including phenoxy) is 1. The Morgan fingerprint density at radius 3 is 2.36 bits per heavy atom. The molecule has 0 bridgehead atoms. The van der Waals surface area contributed by atoms with Gasteiger partial charge in [0.25, 0.3) is 0 Å². The van der Waals surface area contributed by atoms with Gasteiger partial charge in [-0.05, 0) is 37.5 Å². The van der Waals surface area contributed by atoms with E-state index in [2.05, 4.69) is 33.9 Å². The fourth-order valence-electron chi connectivity index (χ4n) is 5.42. The first kappa shape index (κ1) is 31.4. The maximum Gasteiger partial charge on any atom is 0.341 e. The molecule has 0 radical (unpaired) electrons. The van der Waals surface area contributed by atoms with Crippen LogP contribution in [0, 0.1) is 0 Å². The van der Waals surface area contributed by atoms with Crippen LogP contribution in [0.25, 0.3) is 11.0 Å². The number of anilines is 1. The van der Waals surface area contributed by atoms with Gasteiger partial charge >= 0.3 is 5.97 Å². The zero-order valence-corrected chi connectivity index (χ0v) is 25.0. The van der Waals surface area contributed by atoms with Gasteiger partial charge in [-0.25, -0.2) is 9.78 Å². The number of aryl methyl sites for hydroxylation is 2. The summed E-state index contributed by atoms with van der Waals surface area (Å²) in [5.41, 5.74) is 0.896. The van der Waals surface area contributed by atoms with E-state index in [9.17, 15) is 19.8 Å². The standard InChI is InChI=1S/C32H45N5O5/c1-3-5-6-7-8-9-10-11-24-12-14-26(15-13-24)42-23-25(38)21-35-16-18-37(19-17-35)32-33-20-27-29(39)28(31(40)41)22-36(4-2)30(27)34-32/h12-15,20,22,25,38H,3-11,16-19,21,23H2,1-2H3,(H,40,41). The quantitative estimate of drug-likeness (QED) is 0.238. The van der Waals surface area contributed by atoms with E-state index in [1.165, 1.54) is 62.9 Å². The van der Waals surface area contributed by atoms with Crippen molar-refractivity contribution in [2.75, 3.05) is 44.2 Å². The molecule has 10 nitrogen and oxygen atoms in total. The average Bonchev–Trinajstić information content (AvgIpc) is 3.00. The van der Waals surface area contributed by atoms with Crippen molar-refractivity contribution in [2.24, 2.45) is 0 Å². The summed E-state index contributed by atoms with van der Waals surface area (Å²) in [6.45, 7) is 8.13. The number of hydrogen-bond acceptors (Lipinski definition) is 8. The lowest BCUT2D eigenvalue weighted by Crippen LogP contribution is -2.49. The fraction of sp³-hybridized carbons (Fsp3) is 0.562. The van der Waals surface area contributed by atoms with Crippen LogP contribution in [0.4, 0.5) is 5.95 Å². The second-order valence-corrected chi connectivity index (χ2v) is 11.1. The van der Waals surface area contributed by atoms with E-state index in [0.717, 1.165) is 25.3 Å². The van der Waals surface area contributed by atoms with E-state index in [0.29, 0.717) is 37.8 Å². The van der Waals surface area contributed by atoms with Crippen molar-refractivity contribution in [3.05, 3.63) is 58.0 Å². The van der Waals surface area contributed by atoms with Crippen molar-refractivity contribution < 1.29 is 19.7 Å². The van der Waals surface area contributed by atoms with Crippen LogP contribution in [-0.4, -0.2) is 81.1 Å². The highest BCUT2D eigenvalue weighted by atomic mass is 16.5.